The molecule has 1 aliphatic rings. The number of nitrogens with one attached hydrogen (secondary N) is 2. The van der Waals surface area contributed by atoms with Gasteiger partial charge in [0.1, 0.15) is 23.4 Å². The van der Waals surface area contributed by atoms with Gasteiger partial charge in [0.25, 0.3) is 5.56 Å². The zero-order valence-corrected chi connectivity index (χ0v) is 11.8. The number of amides is 2. The van der Waals surface area contributed by atoms with Crippen LogP contribution in [0.2, 0.25) is 0 Å². The molecule has 1 atom stereocenters. The maximum Gasteiger partial charge on any atom is 0.332 e. The molecule has 110 valence electrons. The van der Waals surface area contributed by atoms with Crippen LogP contribution in [0.1, 0.15) is 23.1 Å². The number of hydrogen-bond donors (Lipinski definition) is 2. The molecule has 0 aliphatic carbocycles. The first-order chi connectivity index (χ1) is 9.90. The van der Waals surface area contributed by atoms with E-state index in [4.69, 9.17) is 4.42 Å². The highest BCUT2D eigenvalue weighted by Crippen LogP contribution is 2.28. The van der Waals surface area contributed by atoms with Gasteiger partial charge in [0.05, 0.1) is 5.56 Å². The Morgan fingerprint density at radius 1 is 1.14 bits per heavy atom. The van der Waals surface area contributed by atoms with Gasteiger partial charge in [0.2, 0.25) is 0 Å². The smallest absolute Gasteiger partial charge is 0.332 e. The molecule has 2 amide bonds. The second-order valence-corrected chi connectivity index (χ2v) is 4.95. The molecule has 21 heavy (non-hydrogen) atoms. The van der Waals surface area contributed by atoms with E-state index in [1.807, 2.05) is 0 Å². The van der Waals surface area contributed by atoms with Gasteiger partial charge in [-0.3, -0.25) is 19.2 Å². The summed E-state index contributed by atoms with van der Waals surface area (Å²) in [7, 11) is 2.89. The van der Waals surface area contributed by atoms with Gasteiger partial charge in [0.15, 0.2) is 0 Å². The quantitative estimate of drug-likeness (QED) is 0.784. The zero-order chi connectivity index (χ0) is 15.3. The second kappa shape index (κ2) is 4.37. The number of hydrogen-bond acceptors (Lipinski definition) is 4. The third-order valence-corrected chi connectivity index (χ3v) is 3.54. The Balaban J connectivity index is 2.32. The lowest BCUT2D eigenvalue weighted by molar-refractivity contribution is 0.246. The Hall–Kier alpha value is -2.77. The molecule has 0 saturated heterocycles. The van der Waals surface area contributed by atoms with Gasteiger partial charge in [-0.25, -0.2) is 9.59 Å². The fourth-order valence-corrected chi connectivity index (χ4v) is 2.45. The molecule has 3 rings (SSSR count). The highest BCUT2D eigenvalue weighted by molar-refractivity contribution is 5.92. The Labute approximate surface area is 119 Å². The first-order valence-electron chi connectivity index (χ1n) is 6.34. The Morgan fingerprint density at radius 2 is 1.86 bits per heavy atom. The van der Waals surface area contributed by atoms with Crippen LogP contribution >= 0.6 is 0 Å². The lowest BCUT2D eigenvalue weighted by atomic mass is 10.0. The highest BCUT2D eigenvalue weighted by atomic mass is 16.3. The molecule has 8 nitrogen and oxygen atoms in total. The topological polar surface area (TPSA) is 98.3 Å². The average molecular weight is 290 g/mol. The van der Waals surface area contributed by atoms with E-state index in [0.29, 0.717) is 11.5 Å². The third-order valence-electron chi connectivity index (χ3n) is 3.54. The molecule has 0 aromatic carbocycles. The molecule has 0 spiro atoms. The summed E-state index contributed by atoms with van der Waals surface area (Å²) in [5.74, 6) is 1.30. The van der Waals surface area contributed by atoms with Crippen LogP contribution in [0.4, 0.5) is 10.6 Å². The van der Waals surface area contributed by atoms with E-state index in [1.165, 1.54) is 18.7 Å². The van der Waals surface area contributed by atoms with Crippen molar-refractivity contribution in [3.8, 4) is 0 Å². The molecular formula is C13H14N4O4. The number of rotatable bonds is 1. The summed E-state index contributed by atoms with van der Waals surface area (Å²) in [6.45, 7) is 1.77. The van der Waals surface area contributed by atoms with Crippen LogP contribution in [0.25, 0.3) is 0 Å². The van der Waals surface area contributed by atoms with Crippen molar-refractivity contribution in [2.45, 2.75) is 13.0 Å². The molecule has 3 heterocycles. The second-order valence-electron chi connectivity index (χ2n) is 4.95. The number of anilines is 1. The number of furan rings is 1. The van der Waals surface area contributed by atoms with Gasteiger partial charge in [0, 0.05) is 14.1 Å². The minimum Gasteiger partial charge on any atom is -0.464 e. The molecule has 8 heteroatoms. The van der Waals surface area contributed by atoms with Crippen LogP contribution in [-0.2, 0) is 14.1 Å². The fraction of sp³-hybridized carbons (Fsp3) is 0.308. The van der Waals surface area contributed by atoms with E-state index in [-0.39, 0.29) is 11.4 Å². The molecule has 0 radical (unpaired) electrons. The predicted molar refractivity (Wildman–Crippen MR) is 74.4 cm³/mol. The van der Waals surface area contributed by atoms with Crippen molar-refractivity contribution in [2.75, 3.05) is 5.32 Å². The number of aromatic nitrogens is 2. The Kier molecular flexibility index (Phi) is 2.75. The van der Waals surface area contributed by atoms with Crippen LogP contribution in [0.15, 0.2) is 26.1 Å². The van der Waals surface area contributed by atoms with Crippen LogP contribution in [0, 0.1) is 6.92 Å². The molecule has 2 N–H and O–H groups in total. The third kappa shape index (κ3) is 1.87. The van der Waals surface area contributed by atoms with Crippen LogP contribution in [0.3, 0.4) is 0 Å². The summed E-state index contributed by atoms with van der Waals surface area (Å²) >= 11 is 0. The molecule has 0 fully saturated rings. The molecule has 1 unspecified atom stereocenters. The minimum atomic E-state index is -0.729. The molecule has 2 aromatic rings. The SMILES string of the molecule is Cc1ccc(C2NC(=O)Nc3c2c(=O)n(C)c(=O)n3C)o1. The van der Waals surface area contributed by atoms with E-state index in [0.717, 1.165) is 4.57 Å². The van der Waals surface area contributed by atoms with Crippen molar-refractivity contribution < 1.29 is 9.21 Å². The van der Waals surface area contributed by atoms with Crippen LogP contribution < -0.4 is 21.9 Å². The first kappa shape index (κ1) is 13.2. The van der Waals surface area contributed by atoms with E-state index in [2.05, 4.69) is 10.6 Å². The van der Waals surface area contributed by atoms with Crippen molar-refractivity contribution >= 4 is 11.8 Å². The number of carbonyl (C=O) groups excluding carboxylic acids is 1. The zero-order valence-electron chi connectivity index (χ0n) is 11.8. The average Bonchev–Trinajstić information content (AvgIpc) is 2.88. The molecule has 1 aliphatic heterocycles. The van der Waals surface area contributed by atoms with E-state index < -0.39 is 23.3 Å². The van der Waals surface area contributed by atoms with E-state index in [9.17, 15) is 14.4 Å². The number of carbonyl (C=O) groups is 1. The molecule has 0 bridgehead atoms. The Morgan fingerprint density at radius 3 is 2.48 bits per heavy atom. The monoisotopic (exact) mass is 290 g/mol. The fourth-order valence-electron chi connectivity index (χ4n) is 2.45. The van der Waals surface area contributed by atoms with Gasteiger partial charge in [-0.15, -0.1) is 0 Å². The normalized spacial score (nSPS) is 17.1. The van der Waals surface area contributed by atoms with Gasteiger partial charge >= 0.3 is 11.7 Å². The summed E-state index contributed by atoms with van der Waals surface area (Å²) in [6.07, 6.45) is 0. The minimum absolute atomic E-state index is 0.186. The standard InChI is InChI=1S/C13H14N4O4/c1-6-4-5-7(21-6)9-8-10(15-12(19)14-9)16(2)13(20)17(3)11(8)18/h4-5,9H,1-3H3,(H2,14,15,19). The van der Waals surface area contributed by atoms with Crippen LogP contribution in [-0.4, -0.2) is 15.2 Å². The lowest BCUT2D eigenvalue weighted by Crippen LogP contribution is -2.48. The Bertz CT molecular complexity index is 858. The molecule has 0 saturated carbocycles. The van der Waals surface area contributed by atoms with Crippen molar-refractivity contribution in [2.24, 2.45) is 14.1 Å². The summed E-state index contributed by atoms with van der Waals surface area (Å²) in [5.41, 5.74) is -0.705. The number of aryl methyl sites for hydroxylation is 1. The number of nitrogens with zero attached hydrogens (tertiary/aromatic N) is 2. The van der Waals surface area contributed by atoms with Gasteiger partial charge < -0.3 is 9.73 Å². The summed E-state index contributed by atoms with van der Waals surface area (Å²) in [4.78, 5) is 36.1. The van der Waals surface area contributed by atoms with Gasteiger partial charge in [-0.1, -0.05) is 0 Å². The number of urea groups is 1. The maximum atomic E-state index is 12.4. The molecular weight excluding hydrogens is 276 g/mol. The summed E-state index contributed by atoms with van der Waals surface area (Å²) < 4.78 is 7.75. The maximum absolute atomic E-state index is 12.4. The van der Waals surface area contributed by atoms with Crippen molar-refractivity contribution in [3.63, 3.8) is 0 Å². The molecule has 2 aromatic heterocycles. The largest absolute Gasteiger partial charge is 0.464 e. The lowest BCUT2D eigenvalue weighted by Gasteiger charge is -2.27. The van der Waals surface area contributed by atoms with E-state index >= 15 is 0 Å². The first-order valence-corrected chi connectivity index (χ1v) is 6.34. The summed E-state index contributed by atoms with van der Waals surface area (Å²) in [6, 6.07) is 2.22. The number of fused-ring (bicyclic) bond motifs is 1. The van der Waals surface area contributed by atoms with Gasteiger partial charge in [-0.05, 0) is 19.1 Å². The van der Waals surface area contributed by atoms with Crippen molar-refractivity contribution in [3.05, 3.63) is 50.1 Å². The van der Waals surface area contributed by atoms with Crippen molar-refractivity contribution in [1.29, 1.82) is 0 Å². The van der Waals surface area contributed by atoms with Crippen LogP contribution in [0.5, 0.6) is 0 Å². The highest BCUT2D eigenvalue weighted by Gasteiger charge is 2.33. The van der Waals surface area contributed by atoms with Crippen molar-refractivity contribution in [1.82, 2.24) is 14.5 Å². The van der Waals surface area contributed by atoms with Gasteiger partial charge in [-0.2, -0.15) is 0 Å². The summed E-state index contributed by atoms with van der Waals surface area (Å²) in [5, 5.41) is 5.15. The predicted octanol–water partition coefficient (Wildman–Crippen LogP) is 0.210. The van der Waals surface area contributed by atoms with E-state index in [1.54, 1.807) is 19.1 Å².